The third-order valence-corrected chi connectivity index (χ3v) is 4.47. The first-order valence-corrected chi connectivity index (χ1v) is 9.09. The Morgan fingerprint density at radius 3 is 2.89 bits per heavy atom. The van der Waals surface area contributed by atoms with E-state index in [0.29, 0.717) is 30.5 Å². The van der Waals surface area contributed by atoms with Crippen LogP contribution >= 0.6 is 0 Å². The molecule has 1 aromatic carbocycles. The summed E-state index contributed by atoms with van der Waals surface area (Å²) in [6, 6.07) is 9.57. The van der Waals surface area contributed by atoms with Crippen molar-refractivity contribution in [2.45, 2.75) is 18.9 Å². The quantitative estimate of drug-likeness (QED) is 0.731. The summed E-state index contributed by atoms with van der Waals surface area (Å²) in [6.45, 7) is 1.39. The Kier molecular flexibility index (Phi) is 5.17. The van der Waals surface area contributed by atoms with Crippen molar-refractivity contribution < 1.29 is 9.47 Å². The predicted octanol–water partition coefficient (Wildman–Crippen LogP) is 3.05. The van der Waals surface area contributed by atoms with Crippen molar-refractivity contribution in [3.63, 3.8) is 0 Å². The zero-order chi connectivity index (χ0) is 19.3. The standard InChI is InChI=1S/C20H20N6O2/c1-26-13-16(12-23-26)24-20-22-7-4-18(25-20)14-2-3-19(15(10-14)11-21)28-17-5-8-27-9-6-17/h2-4,7,10,12-13,17H,5-6,8-9H2,1H3,(H,22,24,25). The van der Waals surface area contributed by atoms with Crippen LogP contribution in [0.1, 0.15) is 18.4 Å². The topological polar surface area (TPSA) is 97.9 Å². The highest BCUT2D eigenvalue weighted by Gasteiger charge is 2.17. The van der Waals surface area contributed by atoms with Gasteiger partial charge in [-0.05, 0) is 24.3 Å². The molecule has 2 aromatic heterocycles. The maximum Gasteiger partial charge on any atom is 0.227 e. The van der Waals surface area contributed by atoms with E-state index in [4.69, 9.17) is 9.47 Å². The maximum absolute atomic E-state index is 9.56. The number of nitriles is 1. The number of benzene rings is 1. The van der Waals surface area contributed by atoms with E-state index in [1.807, 2.05) is 31.4 Å². The molecule has 1 aliphatic rings. The molecule has 0 bridgehead atoms. The largest absolute Gasteiger partial charge is 0.489 e. The third kappa shape index (κ3) is 4.10. The normalized spacial score (nSPS) is 14.4. The highest BCUT2D eigenvalue weighted by Crippen LogP contribution is 2.28. The molecule has 0 spiro atoms. The third-order valence-electron chi connectivity index (χ3n) is 4.47. The summed E-state index contributed by atoms with van der Waals surface area (Å²) in [5.41, 5.74) is 2.84. The zero-order valence-electron chi connectivity index (χ0n) is 15.5. The monoisotopic (exact) mass is 376 g/mol. The molecule has 0 amide bonds. The van der Waals surface area contributed by atoms with Gasteiger partial charge in [0.15, 0.2) is 0 Å². The van der Waals surface area contributed by atoms with E-state index in [9.17, 15) is 5.26 Å². The number of ether oxygens (including phenoxy) is 2. The number of rotatable bonds is 5. The van der Waals surface area contributed by atoms with Crippen molar-refractivity contribution in [3.05, 3.63) is 48.4 Å². The summed E-state index contributed by atoms with van der Waals surface area (Å²) >= 11 is 0. The van der Waals surface area contributed by atoms with Crippen LogP contribution < -0.4 is 10.1 Å². The highest BCUT2D eigenvalue weighted by molar-refractivity contribution is 5.65. The second kappa shape index (κ2) is 8.06. The molecule has 1 saturated heterocycles. The lowest BCUT2D eigenvalue weighted by atomic mass is 10.1. The number of anilines is 2. The van der Waals surface area contributed by atoms with Gasteiger partial charge in [-0.2, -0.15) is 10.4 Å². The van der Waals surface area contributed by atoms with Gasteiger partial charge in [-0.25, -0.2) is 9.97 Å². The molecule has 8 nitrogen and oxygen atoms in total. The molecule has 3 heterocycles. The van der Waals surface area contributed by atoms with E-state index >= 15 is 0 Å². The van der Waals surface area contributed by atoms with Gasteiger partial charge in [0.1, 0.15) is 17.9 Å². The fourth-order valence-electron chi connectivity index (χ4n) is 3.05. The molecule has 3 aromatic rings. The van der Waals surface area contributed by atoms with Crippen LogP contribution in [0.3, 0.4) is 0 Å². The molecule has 0 unspecified atom stereocenters. The molecule has 1 fully saturated rings. The number of nitrogens with zero attached hydrogens (tertiary/aromatic N) is 5. The van der Waals surface area contributed by atoms with Crippen LogP contribution in [0.2, 0.25) is 0 Å². The van der Waals surface area contributed by atoms with Crippen LogP contribution in [0, 0.1) is 11.3 Å². The van der Waals surface area contributed by atoms with Crippen molar-refractivity contribution in [2.24, 2.45) is 7.05 Å². The summed E-state index contributed by atoms with van der Waals surface area (Å²) in [7, 11) is 1.84. The molecule has 142 valence electrons. The Balaban J connectivity index is 1.55. The van der Waals surface area contributed by atoms with E-state index in [-0.39, 0.29) is 6.10 Å². The molecule has 4 rings (SSSR count). The van der Waals surface area contributed by atoms with Gasteiger partial charge in [0.2, 0.25) is 5.95 Å². The summed E-state index contributed by atoms with van der Waals surface area (Å²) in [4.78, 5) is 8.79. The van der Waals surface area contributed by atoms with Crippen LogP contribution in [0.4, 0.5) is 11.6 Å². The fourth-order valence-corrected chi connectivity index (χ4v) is 3.05. The average molecular weight is 376 g/mol. The Morgan fingerprint density at radius 1 is 1.29 bits per heavy atom. The summed E-state index contributed by atoms with van der Waals surface area (Å²) in [5, 5.41) is 16.8. The summed E-state index contributed by atoms with van der Waals surface area (Å²) in [6.07, 6.45) is 6.98. The minimum Gasteiger partial charge on any atom is -0.489 e. The first kappa shape index (κ1) is 17.9. The Hall–Kier alpha value is -3.44. The predicted molar refractivity (Wildman–Crippen MR) is 103 cm³/mol. The van der Waals surface area contributed by atoms with Gasteiger partial charge in [-0.15, -0.1) is 0 Å². The molecule has 1 aliphatic heterocycles. The van der Waals surface area contributed by atoms with E-state index < -0.39 is 0 Å². The Labute approximate surface area is 162 Å². The highest BCUT2D eigenvalue weighted by atomic mass is 16.5. The van der Waals surface area contributed by atoms with Crippen molar-refractivity contribution in [1.29, 1.82) is 5.26 Å². The number of hydrogen-bond acceptors (Lipinski definition) is 7. The van der Waals surface area contributed by atoms with E-state index in [0.717, 1.165) is 29.8 Å². The number of nitrogens with one attached hydrogen (secondary N) is 1. The average Bonchev–Trinajstić information content (AvgIpc) is 3.14. The van der Waals surface area contributed by atoms with Crippen molar-refractivity contribution >= 4 is 11.6 Å². The van der Waals surface area contributed by atoms with Gasteiger partial charge < -0.3 is 14.8 Å². The molecule has 0 saturated carbocycles. The number of aryl methyl sites for hydroxylation is 1. The lowest BCUT2D eigenvalue weighted by Gasteiger charge is -2.23. The Bertz CT molecular complexity index is 1000. The zero-order valence-corrected chi connectivity index (χ0v) is 15.5. The van der Waals surface area contributed by atoms with Crippen LogP contribution in [-0.2, 0) is 11.8 Å². The van der Waals surface area contributed by atoms with Crippen molar-refractivity contribution in [1.82, 2.24) is 19.7 Å². The first-order valence-electron chi connectivity index (χ1n) is 9.09. The molecule has 0 atom stereocenters. The molecule has 0 radical (unpaired) electrons. The van der Waals surface area contributed by atoms with Gasteiger partial charge in [-0.3, -0.25) is 4.68 Å². The van der Waals surface area contributed by atoms with Crippen LogP contribution in [-0.4, -0.2) is 39.1 Å². The van der Waals surface area contributed by atoms with Gasteiger partial charge in [0.25, 0.3) is 0 Å². The number of aromatic nitrogens is 4. The SMILES string of the molecule is Cn1cc(Nc2nccc(-c3ccc(OC4CCOCC4)c(C#N)c3)n2)cn1. The van der Waals surface area contributed by atoms with Crippen molar-refractivity contribution in [2.75, 3.05) is 18.5 Å². The Morgan fingerprint density at radius 2 is 2.14 bits per heavy atom. The van der Waals surface area contributed by atoms with E-state index in [1.165, 1.54) is 0 Å². The van der Waals surface area contributed by atoms with E-state index in [2.05, 4.69) is 26.5 Å². The van der Waals surface area contributed by atoms with Gasteiger partial charge in [-0.1, -0.05) is 0 Å². The number of hydrogen-bond donors (Lipinski definition) is 1. The molecular weight excluding hydrogens is 356 g/mol. The lowest BCUT2D eigenvalue weighted by molar-refractivity contribution is 0.0254. The molecular formula is C20H20N6O2. The van der Waals surface area contributed by atoms with Crippen LogP contribution in [0.5, 0.6) is 5.75 Å². The second-order valence-corrected chi connectivity index (χ2v) is 6.55. The smallest absolute Gasteiger partial charge is 0.227 e. The van der Waals surface area contributed by atoms with Crippen LogP contribution in [0.15, 0.2) is 42.9 Å². The summed E-state index contributed by atoms with van der Waals surface area (Å²) < 4.78 is 13.1. The van der Waals surface area contributed by atoms with Crippen LogP contribution in [0.25, 0.3) is 11.3 Å². The molecule has 8 heteroatoms. The van der Waals surface area contributed by atoms with Gasteiger partial charge in [0.05, 0.1) is 36.4 Å². The minimum atomic E-state index is 0.0843. The second-order valence-electron chi connectivity index (χ2n) is 6.55. The summed E-state index contributed by atoms with van der Waals surface area (Å²) in [5.74, 6) is 1.06. The molecule has 1 N–H and O–H groups in total. The lowest BCUT2D eigenvalue weighted by Crippen LogP contribution is -2.26. The van der Waals surface area contributed by atoms with Gasteiger partial charge in [0, 0.05) is 37.8 Å². The fraction of sp³-hybridized carbons (Fsp3) is 0.300. The maximum atomic E-state index is 9.56. The minimum absolute atomic E-state index is 0.0843. The van der Waals surface area contributed by atoms with Crippen molar-refractivity contribution in [3.8, 4) is 23.1 Å². The molecule has 28 heavy (non-hydrogen) atoms. The van der Waals surface area contributed by atoms with E-state index in [1.54, 1.807) is 23.1 Å². The van der Waals surface area contributed by atoms with Gasteiger partial charge >= 0.3 is 0 Å². The first-order chi connectivity index (χ1) is 13.7. The molecule has 0 aliphatic carbocycles.